The van der Waals surface area contributed by atoms with E-state index in [1.807, 2.05) is 29.2 Å². The smallest absolute Gasteiger partial charge is 0.254 e. The normalized spacial score (nSPS) is 22.9. The molecule has 0 bridgehead atoms. The fraction of sp³-hybridized carbons (Fsp3) is 0.458. The predicted octanol–water partition coefficient (Wildman–Crippen LogP) is 1.52. The minimum absolute atomic E-state index is 0.0235. The molecule has 1 unspecified atom stereocenters. The van der Waals surface area contributed by atoms with Gasteiger partial charge in [0.2, 0.25) is 0 Å². The predicted molar refractivity (Wildman–Crippen MR) is 118 cm³/mol. The molecule has 32 heavy (non-hydrogen) atoms. The van der Waals surface area contributed by atoms with Gasteiger partial charge >= 0.3 is 0 Å². The van der Waals surface area contributed by atoms with Gasteiger partial charge in [-0.05, 0) is 35.9 Å². The molecule has 0 aromatic heterocycles. The van der Waals surface area contributed by atoms with Crippen LogP contribution in [0, 0.1) is 0 Å². The number of phenolic OH excluding ortho intramolecular Hbond substituents is 2. The van der Waals surface area contributed by atoms with Gasteiger partial charge in [-0.3, -0.25) is 14.6 Å². The van der Waals surface area contributed by atoms with Crippen molar-refractivity contribution in [3.63, 3.8) is 0 Å². The van der Waals surface area contributed by atoms with E-state index in [1.165, 1.54) is 6.07 Å². The molecule has 2 aromatic carbocycles. The molecule has 8 heteroatoms. The number of rotatable bonds is 4. The number of benzene rings is 2. The standard InChI is InChI=1S/C24H29N3O5/c1-31-20-4-2-3-18(10-20)23(30)26-12-19-13-32-8-7-27(19)24(16-26)14-25(15-24)11-17-5-6-21(28)22(29)9-17/h2-6,9-10,19,28-29H,7-8,11-16H2,1H3. The number of hydrogen-bond acceptors (Lipinski definition) is 7. The van der Waals surface area contributed by atoms with E-state index in [-0.39, 0.29) is 29.0 Å². The Kier molecular flexibility index (Phi) is 5.44. The summed E-state index contributed by atoms with van der Waals surface area (Å²) in [6, 6.07) is 12.5. The van der Waals surface area contributed by atoms with Crippen LogP contribution in [0.4, 0.5) is 0 Å². The van der Waals surface area contributed by atoms with Gasteiger partial charge in [-0.25, -0.2) is 0 Å². The largest absolute Gasteiger partial charge is 0.504 e. The first-order valence-electron chi connectivity index (χ1n) is 11.0. The van der Waals surface area contributed by atoms with Gasteiger partial charge in [0.05, 0.1) is 31.9 Å². The Bertz CT molecular complexity index is 1010. The molecule has 0 radical (unpaired) electrons. The summed E-state index contributed by atoms with van der Waals surface area (Å²) in [5, 5.41) is 19.4. The number of morpholine rings is 1. The molecule has 170 valence electrons. The number of piperazine rings is 1. The van der Waals surface area contributed by atoms with Crippen molar-refractivity contribution in [1.82, 2.24) is 14.7 Å². The number of aromatic hydroxyl groups is 2. The first-order chi connectivity index (χ1) is 15.5. The molecule has 3 aliphatic heterocycles. The van der Waals surface area contributed by atoms with Crippen LogP contribution in [-0.4, -0.2) is 95.4 Å². The van der Waals surface area contributed by atoms with Gasteiger partial charge in [-0.15, -0.1) is 0 Å². The fourth-order valence-electron chi connectivity index (χ4n) is 5.39. The van der Waals surface area contributed by atoms with Gasteiger partial charge < -0.3 is 24.6 Å². The third-order valence-corrected chi connectivity index (χ3v) is 6.84. The van der Waals surface area contributed by atoms with Crippen LogP contribution in [0.1, 0.15) is 15.9 Å². The molecule has 2 N–H and O–H groups in total. The molecular weight excluding hydrogens is 410 g/mol. The SMILES string of the molecule is COc1cccc(C(=O)N2CC3COCCN3C3(CN(Cc4ccc(O)c(O)c4)C3)C2)c1. The second-order valence-corrected chi connectivity index (χ2v) is 9.03. The lowest BCUT2D eigenvalue weighted by molar-refractivity contribution is -0.160. The summed E-state index contributed by atoms with van der Waals surface area (Å²) in [6.45, 7) is 5.93. The molecule has 1 spiro atoms. The van der Waals surface area contributed by atoms with Crippen LogP contribution >= 0.6 is 0 Å². The minimum atomic E-state index is -0.107. The molecule has 0 aliphatic carbocycles. The third-order valence-electron chi connectivity index (χ3n) is 6.84. The first-order valence-corrected chi connectivity index (χ1v) is 11.0. The topological polar surface area (TPSA) is 85.7 Å². The van der Waals surface area contributed by atoms with Crippen LogP contribution in [0.3, 0.4) is 0 Å². The zero-order chi connectivity index (χ0) is 22.3. The minimum Gasteiger partial charge on any atom is -0.504 e. The summed E-state index contributed by atoms with van der Waals surface area (Å²) < 4.78 is 11.1. The van der Waals surface area contributed by atoms with Crippen molar-refractivity contribution in [3.05, 3.63) is 53.6 Å². The van der Waals surface area contributed by atoms with Gasteiger partial charge in [0.25, 0.3) is 5.91 Å². The number of carbonyl (C=O) groups is 1. The molecule has 3 fully saturated rings. The first kappa shape index (κ1) is 21.1. The van der Waals surface area contributed by atoms with E-state index in [4.69, 9.17) is 9.47 Å². The maximum absolute atomic E-state index is 13.4. The Labute approximate surface area is 187 Å². The molecule has 8 nitrogen and oxygen atoms in total. The van der Waals surface area contributed by atoms with Gasteiger partial charge in [0, 0.05) is 44.8 Å². The van der Waals surface area contributed by atoms with Crippen LogP contribution in [-0.2, 0) is 11.3 Å². The molecule has 0 saturated carbocycles. The number of amides is 1. The van der Waals surface area contributed by atoms with E-state index in [2.05, 4.69) is 9.80 Å². The van der Waals surface area contributed by atoms with E-state index < -0.39 is 0 Å². The van der Waals surface area contributed by atoms with Gasteiger partial charge in [-0.1, -0.05) is 12.1 Å². The Balaban J connectivity index is 1.33. The third kappa shape index (κ3) is 3.79. The summed E-state index contributed by atoms with van der Waals surface area (Å²) in [7, 11) is 1.60. The van der Waals surface area contributed by atoms with E-state index in [9.17, 15) is 15.0 Å². The van der Waals surface area contributed by atoms with Crippen molar-refractivity contribution in [1.29, 1.82) is 0 Å². The summed E-state index contributed by atoms with van der Waals surface area (Å²) in [6.07, 6.45) is 0. The fourth-order valence-corrected chi connectivity index (χ4v) is 5.39. The second-order valence-electron chi connectivity index (χ2n) is 9.03. The molecule has 1 atom stereocenters. The van der Waals surface area contributed by atoms with Crippen LogP contribution in [0.5, 0.6) is 17.2 Å². The molecule has 5 rings (SSSR count). The molecule has 1 amide bonds. The molecule has 2 aromatic rings. The van der Waals surface area contributed by atoms with E-state index >= 15 is 0 Å². The average Bonchev–Trinajstić information content (AvgIpc) is 2.79. The lowest BCUT2D eigenvalue weighted by atomic mass is 9.82. The molecule has 3 saturated heterocycles. The van der Waals surface area contributed by atoms with E-state index in [1.54, 1.807) is 19.2 Å². The van der Waals surface area contributed by atoms with Gasteiger partial charge in [0.15, 0.2) is 11.5 Å². The van der Waals surface area contributed by atoms with Crippen molar-refractivity contribution in [2.24, 2.45) is 0 Å². The Morgan fingerprint density at radius 1 is 1.16 bits per heavy atom. The number of fused-ring (bicyclic) bond motifs is 2. The van der Waals surface area contributed by atoms with E-state index in [0.29, 0.717) is 44.2 Å². The Morgan fingerprint density at radius 2 is 2.00 bits per heavy atom. The van der Waals surface area contributed by atoms with Crippen molar-refractivity contribution in [3.8, 4) is 17.2 Å². The van der Waals surface area contributed by atoms with Crippen molar-refractivity contribution >= 4 is 5.91 Å². The highest BCUT2D eigenvalue weighted by Crippen LogP contribution is 2.37. The Morgan fingerprint density at radius 3 is 2.78 bits per heavy atom. The number of ether oxygens (including phenoxy) is 2. The van der Waals surface area contributed by atoms with Gasteiger partial charge in [-0.2, -0.15) is 0 Å². The highest BCUT2D eigenvalue weighted by molar-refractivity contribution is 5.94. The quantitative estimate of drug-likeness (QED) is 0.699. The van der Waals surface area contributed by atoms with Crippen LogP contribution < -0.4 is 4.74 Å². The molecular formula is C24H29N3O5. The summed E-state index contributed by atoms with van der Waals surface area (Å²) >= 11 is 0. The maximum Gasteiger partial charge on any atom is 0.254 e. The Hall–Kier alpha value is -2.81. The molecule has 3 heterocycles. The van der Waals surface area contributed by atoms with Crippen LogP contribution in [0.2, 0.25) is 0 Å². The van der Waals surface area contributed by atoms with E-state index in [0.717, 1.165) is 25.2 Å². The lowest BCUT2D eigenvalue weighted by Crippen LogP contribution is -2.80. The van der Waals surface area contributed by atoms with Crippen LogP contribution in [0.15, 0.2) is 42.5 Å². The number of carbonyl (C=O) groups excluding carboxylic acids is 1. The highest BCUT2D eigenvalue weighted by atomic mass is 16.5. The lowest BCUT2D eigenvalue weighted by Gasteiger charge is -2.63. The monoisotopic (exact) mass is 439 g/mol. The zero-order valence-corrected chi connectivity index (χ0v) is 18.2. The second kappa shape index (κ2) is 8.27. The summed E-state index contributed by atoms with van der Waals surface area (Å²) in [4.78, 5) is 20.2. The number of phenols is 2. The highest BCUT2D eigenvalue weighted by Gasteiger charge is 2.54. The van der Waals surface area contributed by atoms with Crippen molar-refractivity contribution in [2.45, 2.75) is 18.1 Å². The number of hydrogen-bond donors (Lipinski definition) is 2. The zero-order valence-electron chi connectivity index (χ0n) is 18.2. The summed E-state index contributed by atoms with van der Waals surface area (Å²) in [5.74, 6) is 0.496. The van der Waals surface area contributed by atoms with Crippen molar-refractivity contribution < 1.29 is 24.5 Å². The summed E-state index contributed by atoms with van der Waals surface area (Å²) in [5.41, 5.74) is 1.49. The van der Waals surface area contributed by atoms with Crippen LogP contribution in [0.25, 0.3) is 0 Å². The number of likely N-dealkylation sites (tertiary alicyclic amines) is 1. The van der Waals surface area contributed by atoms with Gasteiger partial charge in [0.1, 0.15) is 5.75 Å². The molecule has 3 aliphatic rings. The number of methoxy groups -OCH3 is 1. The number of nitrogens with zero attached hydrogens (tertiary/aromatic N) is 3. The average molecular weight is 440 g/mol. The maximum atomic E-state index is 13.4. The van der Waals surface area contributed by atoms with Crippen molar-refractivity contribution in [2.75, 3.05) is 53.0 Å².